The zero-order valence-electron chi connectivity index (χ0n) is 12.2. The normalized spacial score (nSPS) is 10.5. The maximum absolute atomic E-state index is 12.0. The lowest BCUT2D eigenvalue weighted by Crippen LogP contribution is -2.15. The molecule has 0 aliphatic carbocycles. The number of anilines is 1. The number of nitrogens with one attached hydrogen (secondary N) is 1. The maximum Gasteiger partial charge on any atom is 0.404 e. The monoisotopic (exact) mass is 366 g/mol. The number of carbonyl (C=O) groups is 1. The van der Waals surface area contributed by atoms with Gasteiger partial charge in [-0.3, -0.25) is 4.79 Å². The van der Waals surface area contributed by atoms with E-state index >= 15 is 0 Å². The summed E-state index contributed by atoms with van der Waals surface area (Å²) < 4.78 is 1.68. The van der Waals surface area contributed by atoms with Gasteiger partial charge in [0.15, 0.2) is 0 Å². The number of hydrogen-bond donors (Lipinski definition) is 1. The van der Waals surface area contributed by atoms with Crippen LogP contribution in [0.15, 0.2) is 28.9 Å². The van der Waals surface area contributed by atoms with E-state index in [1.807, 2.05) is 32.0 Å². The summed E-state index contributed by atoms with van der Waals surface area (Å²) in [7, 11) is 0. The smallest absolute Gasteiger partial charge is 0.358 e. The minimum absolute atomic E-state index is 0.164. The van der Waals surface area contributed by atoms with Crippen LogP contribution in [-0.2, 0) is 11.3 Å². The molecule has 0 bridgehead atoms. The Balaban J connectivity index is 1.97. The third-order valence-electron chi connectivity index (χ3n) is 3.11. The molecular weight excluding hydrogens is 352 g/mol. The van der Waals surface area contributed by atoms with Crippen LogP contribution in [0.4, 0.5) is 11.5 Å². The van der Waals surface area contributed by atoms with Crippen molar-refractivity contribution in [1.29, 1.82) is 0 Å². The van der Waals surface area contributed by atoms with Crippen LogP contribution < -0.4 is 5.32 Å². The van der Waals surface area contributed by atoms with Gasteiger partial charge in [-0.1, -0.05) is 12.1 Å². The number of hydrogen-bond acceptors (Lipinski definition) is 4. The lowest BCUT2D eigenvalue weighted by molar-refractivity contribution is -0.390. The van der Waals surface area contributed by atoms with Crippen LogP contribution in [-0.4, -0.2) is 20.6 Å². The van der Waals surface area contributed by atoms with Crippen LogP contribution in [0.1, 0.15) is 17.5 Å². The molecule has 1 aromatic carbocycles. The Labute approximate surface area is 135 Å². The highest BCUT2D eigenvalue weighted by molar-refractivity contribution is 9.10. The Hall–Kier alpha value is -2.22. The quantitative estimate of drug-likeness (QED) is 0.649. The molecule has 0 saturated carbocycles. The molecule has 7 nitrogen and oxygen atoms in total. The SMILES string of the molecule is Cc1ccc(C)c(NC(=O)CCn2cc(Br)c([N+](=O)[O-])n2)c1. The zero-order valence-corrected chi connectivity index (χ0v) is 13.8. The van der Waals surface area contributed by atoms with Gasteiger partial charge >= 0.3 is 5.82 Å². The van der Waals surface area contributed by atoms with E-state index in [0.29, 0.717) is 4.47 Å². The average Bonchev–Trinajstić information content (AvgIpc) is 2.82. The van der Waals surface area contributed by atoms with Crippen molar-refractivity contribution in [3.05, 3.63) is 50.1 Å². The highest BCUT2D eigenvalue weighted by atomic mass is 79.9. The van der Waals surface area contributed by atoms with Gasteiger partial charge in [-0.2, -0.15) is 4.68 Å². The Morgan fingerprint density at radius 1 is 1.45 bits per heavy atom. The van der Waals surface area contributed by atoms with Crippen LogP contribution in [0, 0.1) is 24.0 Å². The van der Waals surface area contributed by atoms with Gasteiger partial charge in [0.25, 0.3) is 0 Å². The Morgan fingerprint density at radius 2 is 2.18 bits per heavy atom. The summed E-state index contributed by atoms with van der Waals surface area (Å²) in [4.78, 5) is 22.1. The molecule has 0 atom stereocenters. The topological polar surface area (TPSA) is 90.1 Å². The van der Waals surface area contributed by atoms with Gasteiger partial charge < -0.3 is 15.4 Å². The third-order valence-corrected chi connectivity index (χ3v) is 3.67. The number of rotatable bonds is 5. The van der Waals surface area contributed by atoms with Crippen molar-refractivity contribution in [1.82, 2.24) is 9.78 Å². The first-order valence-electron chi connectivity index (χ1n) is 6.61. The fourth-order valence-corrected chi connectivity index (χ4v) is 2.38. The van der Waals surface area contributed by atoms with Gasteiger partial charge in [0.05, 0.1) is 17.8 Å². The first kappa shape index (κ1) is 16.2. The molecule has 0 spiro atoms. The van der Waals surface area contributed by atoms with Gasteiger partial charge in [0.1, 0.15) is 4.47 Å². The second kappa shape index (κ2) is 6.69. The van der Waals surface area contributed by atoms with E-state index in [-0.39, 0.29) is 24.7 Å². The molecule has 116 valence electrons. The summed E-state index contributed by atoms with van der Waals surface area (Å²) in [6, 6.07) is 5.83. The summed E-state index contributed by atoms with van der Waals surface area (Å²) >= 11 is 3.07. The number of aromatic nitrogens is 2. The molecule has 1 N–H and O–H groups in total. The van der Waals surface area contributed by atoms with Crippen LogP contribution in [0.2, 0.25) is 0 Å². The zero-order chi connectivity index (χ0) is 16.3. The average molecular weight is 367 g/mol. The van der Waals surface area contributed by atoms with E-state index in [4.69, 9.17) is 0 Å². The Bertz CT molecular complexity index is 727. The van der Waals surface area contributed by atoms with Crippen LogP contribution in [0.25, 0.3) is 0 Å². The summed E-state index contributed by atoms with van der Waals surface area (Å²) in [5.74, 6) is -0.419. The van der Waals surface area contributed by atoms with Gasteiger partial charge in [-0.25, -0.2) is 0 Å². The molecule has 0 saturated heterocycles. The van der Waals surface area contributed by atoms with Crippen LogP contribution >= 0.6 is 15.9 Å². The number of benzene rings is 1. The van der Waals surface area contributed by atoms with Crippen molar-refractivity contribution < 1.29 is 9.72 Å². The van der Waals surface area contributed by atoms with Crippen LogP contribution in [0.5, 0.6) is 0 Å². The first-order valence-corrected chi connectivity index (χ1v) is 7.40. The molecule has 0 radical (unpaired) electrons. The number of halogens is 1. The number of aryl methyl sites for hydroxylation is 3. The second-order valence-corrected chi connectivity index (χ2v) is 5.79. The molecule has 22 heavy (non-hydrogen) atoms. The predicted molar refractivity (Wildman–Crippen MR) is 85.7 cm³/mol. The summed E-state index contributed by atoms with van der Waals surface area (Å²) in [5, 5.41) is 17.4. The van der Waals surface area contributed by atoms with E-state index in [9.17, 15) is 14.9 Å². The van der Waals surface area contributed by atoms with E-state index < -0.39 is 4.92 Å². The number of nitro groups is 1. The van der Waals surface area contributed by atoms with Crippen molar-refractivity contribution >= 4 is 33.3 Å². The molecule has 1 aromatic heterocycles. The molecule has 1 amide bonds. The van der Waals surface area contributed by atoms with Crippen molar-refractivity contribution in [2.24, 2.45) is 0 Å². The summed E-state index contributed by atoms with van der Waals surface area (Å²) in [5.41, 5.74) is 2.82. The minimum atomic E-state index is -0.573. The molecule has 0 aliphatic heterocycles. The van der Waals surface area contributed by atoms with Gasteiger partial charge in [-0.05, 0) is 51.9 Å². The Morgan fingerprint density at radius 3 is 2.82 bits per heavy atom. The van der Waals surface area contributed by atoms with Crippen molar-refractivity contribution in [3.63, 3.8) is 0 Å². The Kier molecular flexibility index (Phi) is 4.92. The molecule has 8 heteroatoms. The molecule has 2 aromatic rings. The van der Waals surface area contributed by atoms with E-state index in [1.54, 1.807) is 0 Å². The molecule has 1 heterocycles. The molecule has 0 aliphatic rings. The molecular formula is C14H15BrN4O3. The molecule has 0 unspecified atom stereocenters. The van der Waals surface area contributed by atoms with E-state index in [1.165, 1.54) is 10.9 Å². The predicted octanol–water partition coefficient (Wildman–Crippen LogP) is 3.20. The van der Waals surface area contributed by atoms with Crippen molar-refractivity contribution in [2.45, 2.75) is 26.8 Å². The number of carbonyl (C=O) groups excluding carboxylic acids is 1. The van der Waals surface area contributed by atoms with Gasteiger partial charge in [-0.15, -0.1) is 0 Å². The van der Waals surface area contributed by atoms with Crippen molar-refractivity contribution in [3.8, 4) is 0 Å². The second-order valence-electron chi connectivity index (χ2n) is 4.94. The minimum Gasteiger partial charge on any atom is -0.358 e. The van der Waals surface area contributed by atoms with Crippen LogP contribution in [0.3, 0.4) is 0 Å². The summed E-state index contributed by atoms with van der Waals surface area (Å²) in [6.07, 6.45) is 1.67. The highest BCUT2D eigenvalue weighted by Crippen LogP contribution is 2.22. The highest BCUT2D eigenvalue weighted by Gasteiger charge is 2.18. The fourth-order valence-electron chi connectivity index (χ4n) is 1.92. The lowest BCUT2D eigenvalue weighted by Gasteiger charge is -2.08. The largest absolute Gasteiger partial charge is 0.404 e. The molecule has 2 rings (SSSR count). The standard InChI is InChI=1S/C14H15BrN4O3/c1-9-3-4-10(2)12(7-9)16-13(20)5-6-18-8-11(15)14(17-18)19(21)22/h3-4,7-8H,5-6H2,1-2H3,(H,16,20). The number of nitrogens with zero attached hydrogens (tertiary/aromatic N) is 3. The van der Waals surface area contributed by atoms with Crippen molar-refractivity contribution in [2.75, 3.05) is 5.32 Å². The van der Waals surface area contributed by atoms with Gasteiger partial charge in [0, 0.05) is 12.1 Å². The fraction of sp³-hybridized carbons (Fsp3) is 0.286. The van der Waals surface area contributed by atoms with Gasteiger partial charge in [0.2, 0.25) is 5.91 Å². The van der Waals surface area contributed by atoms with E-state index in [0.717, 1.165) is 16.8 Å². The molecule has 0 fully saturated rings. The number of amides is 1. The lowest BCUT2D eigenvalue weighted by atomic mass is 10.1. The summed E-state index contributed by atoms with van der Waals surface area (Å²) in [6.45, 7) is 4.14. The third kappa shape index (κ3) is 3.91. The maximum atomic E-state index is 12.0. The first-order chi connectivity index (χ1) is 10.4. The van der Waals surface area contributed by atoms with E-state index in [2.05, 4.69) is 26.3 Å².